The summed E-state index contributed by atoms with van der Waals surface area (Å²) < 4.78 is 2.18. The molecule has 0 fully saturated rings. The molecule has 0 saturated carbocycles. The maximum atomic E-state index is 3.44. The van der Waals surface area contributed by atoms with Gasteiger partial charge in [0.05, 0.1) is 5.33 Å². The van der Waals surface area contributed by atoms with Crippen LogP contribution < -0.4 is 4.57 Å². The van der Waals surface area contributed by atoms with E-state index in [-0.39, 0.29) is 0 Å². The molecule has 0 atom stereocenters. The first-order valence-corrected chi connectivity index (χ1v) is 6.58. The molecule has 0 unspecified atom stereocenters. The van der Waals surface area contributed by atoms with Crippen molar-refractivity contribution in [3.63, 3.8) is 0 Å². The second-order valence-electron chi connectivity index (χ2n) is 3.80. The van der Waals surface area contributed by atoms with Gasteiger partial charge in [-0.05, 0) is 17.5 Å². The Morgan fingerprint density at radius 3 is 2.12 bits per heavy atom. The molecule has 1 aromatic carbocycles. The summed E-state index contributed by atoms with van der Waals surface area (Å²) in [6.45, 7) is 1.02. The number of hydrogen-bond donors (Lipinski definition) is 0. The van der Waals surface area contributed by atoms with E-state index in [1.54, 1.807) is 0 Å². The molecule has 0 saturated heterocycles. The summed E-state index contributed by atoms with van der Waals surface area (Å²) in [5, 5.41) is 0.996. The SMILES string of the molecule is BrCC[n+]1ccc(Cc2ccccc2)cc1. The van der Waals surface area contributed by atoms with Gasteiger partial charge in [0.2, 0.25) is 0 Å². The number of benzene rings is 1. The van der Waals surface area contributed by atoms with Crippen LogP contribution in [0.3, 0.4) is 0 Å². The van der Waals surface area contributed by atoms with Crippen molar-refractivity contribution in [2.24, 2.45) is 0 Å². The number of halogens is 1. The van der Waals surface area contributed by atoms with Crippen molar-refractivity contribution in [2.45, 2.75) is 13.0 Å². The lowest BCUT2D eigenvalue weighted by Gasteiger charge is -2.00. The standard InChI is InChI=1S/C14H15BrN/c15-8-11-16-9-6-14(7-10-16)12-13-4-2-1-3-5-13/h1-7,9-10H,8,11-12H2/q+1. The molecule has 0 aliphatic heterocycles. The van der Waals surface area contributed by atoms with E-state index in [1.165, 1.54) is 11.1 Å². The Kier molecular flexibility index (Phi) is 4.11. The van der Waals surface area contributed by atoms with Gasteiger partial charge in [-0.15, -0.1) is 0 Å². The minimum Gasteiger partial charge on any atom is -0.204 e. The van der Waals surface area contributed by atoms with E-state index < -0.39 is 0 Å². The summed E-state index contributed by atoms with van der Waals surface area (Å²) in [6, 6.07) is 14.9. The summed E-state index contributed by atoms with van der Waals surface area (Å²) in [7, 11) is 0. The van der Waals surface area contributed by atoms with Gasteiger partial charge in [0.1, 0.15) is 0 Å². The number of alkyl halides is 1. The molecule has 2 aromatic rings. The van der Waals surface area contributed by atoms with E-state index in [0.29, 0.717) is 0 Å². The third-order valence-electron chi connectivity index (χ3n) is 2.55. The van der Waals surface area contributed by atoms with Gasteiger partial charge in [0.15, 0.2) is 18.9 Å². The quantitative estimate of drug-likeness (QED) is 0.597. The van der Waals surface area contributed by atoms with E-state index in [0.717, 1.165) is 18.3 Å². The van der Waals surface area contributed by atoms with Crippen LogP contribution in [0.4, 0.5) is 0 Å². The second kappa shape index (κ2) is 5.80. The molecule has 0 aliphatic carbocycles. The number of hydrogen-bond acceptors (Lipinski definition) is 0. The van der Waals surface area contributed by atoms with E-state index >= 15 is 0 Å². The van der Waals surface area contributed by atoms with E-state index in [2.05, 4.69) is 75.4 Å². The second-order valence-corrected chi connectivity index (χ2v) is 4.59. The highest BCUT2D eigenvalue weighted by molar-refractivity contribution is 9.09. The summed E-state index contributed by atoms with van der Waals surface area (Å²) in [4.78, 5) is 0. The molecule has 2 rings (SSSR count). The minimum atomic E-state index is 0.996. The van der Waals surface area contributed by atoms with Gasteiger partial charge in [0, 0.05) is 12.1 Å². The van der Waals surface area contributed by atoms with E-state index in [9.17, 15) is 0 Å². The third kappa shape index (κ3) is 3.17. The molecule has 1 heterocycles. The van der Waals surface area contributed by atoms with Crippen LogP contribution in [0.15, 0.2) is 54.9 Å². The maximum absolute atomic E-state index is 3.44. The predicted octanol–water partition coefficient (Wildman–Crippen LogP) is 2.96. The van der Waals surface area contributed by atoms with Crippen LogP contribution in [0.2, 0.25) is 0 Å². The van der Waals surface area contributed by atoms with Gasteiger partial charge < -0.3 is 0 Å². The highest BCUT2D eigenvalue weighted by Crippen LogP contribution is 2.07. The number of pyridine rings is 1. The number of aryl methyl sites for hydroxylation is 1. The summed E-state index contributed by atoms with van der Waals surface area (Å²) in [5.41, 5.74) is 2.72. The monoisotopic (exact) mass is 276 g/mol. The first-order valence-electron chi connectivity index (χ1n) is 5.46. The lowest BCUT2D eigenvalue weighted by Crippen LogP contribution is -2.33. The van der Waals surface area contributed by atoms with Gasteiger partial charge >= 0.3 is 0 Å². The Balaban J connectivity index is 2.05. The van der Waals surface area contributed by atoms with Crippen molar-refractivity contribution in [3.05, 3.63) is 66.0 Å². The molecule has 82 valence electrons. The van der Waals surface area contributed by atoms with Crippen LogP contribution in [0.5, 0.6) is 0 Å². The number of nitrogens with zero attached hydrogens (tertiary/aromatic N) is 1. The van der Waals surface area contributed by atoms with Crippen molar-refractivity contribution in [3.8, 4) is 0 Å². The van der Waals surface area contributed by atoms with Gasteiger partial charge in [-0.2, -0.15) is 0 Å². The van der Waals surface area contributed by atoms with Gasteiger partial charge in [-0.1, -0.05) is 46.3 Å². The average molecular weight is 277 g/mol. The first-order chi connectivity index (χ1) is 7.88. The largest absolute Gasteiger partial charge is 0.204 e. The molecule has 0 spiro atoms. The zero-order valence-electron chi connectivity index (χ0n) is 9.14. The fourth-order valence-corrected chi connectivity index (χ4v) is 2.09. The van der Waals surface area contributed by atoms with E-state index in [4.69, 9.17) is 0 Å². The third-order valence-corrected chi connectivity index (χ3v) is 2.91. The van der Waals surface area contributed by atoms with Gasteiger partial charge in [0.25, 0.3) is 0 Å². The summed E-state index contributed by atoms with van der Waals surface area (Å²) in [5.74, 6) is 0. The van der Waals surface area contributed by atoms with Crippen LogP contribution in [0.25, 0.3) is 0 Å². The molecule has 0 N–H and O–H groups in total. The Morgan fingerprint density at radius 1 is 0.875 bits per heavy atom. The summed E-state index contributed by atoms with van der Waals surface area (Å²) >= 11 is 3.44. The lowest BCUT2D eigenvalue weighted by molar-refractivity contribution is -0.692. The molecule has 0 amide bonds. The van der Waals surface area contributed by atoms with Crippen LogP contribution in [0.1, 0.15) is 11.1 Å². The van der Waals surface area contributed by atoms with Gasteiger partial charge in [-0.25, -0.2) is 4.57 Å². The van der Waals surface area contributed by atoms with Crippen molar-refractivity contribution in [1.82, 2.24) is 0 Å². The molecule has 2 heteroatoms. The normalized spacial score (nSPS) is 10.3. The van der Waals surface area contributed by atoms with Gasteiger partial charge in [-0.3, -0.25) is 0 Å². The fraction of sp³-hybridized carbons (Fsp3) is 0.214. The minimum absolute atomic E-state index is 0.996. The molecule has 0 bridgehead atoms. The Morgan fingerprint density at radius 2 is 1.50 bits per heavy atom. The number of rotatable bonds is 4. The zero-order chi connectivity index (χ0) is 11.2. The maximum Gasteiger partial charge on any atom is 0.169 e. The van der Waals surface area contributed by atoms with Crippen molar-refractivity contribution >= 4 is 15.9 Å². The van der Waals surface area contributed by atoms with Crippen molar-refractivity contribution in [2.75, 3.05) is 5.33 Å². The van der Waals surface area contributed by atoms with Crippen molar-refractivity contribution in [1.29, 1.82) is 0 Å². The smallest absolute Gasteiger partial charge is 0.169 e. The Hall–Kier alpha value is -1.15. The van der Waals surface area contributed by atoms with E-state index in [1.807, 2.05) is 0 Å². The Labute approximate surface area is 105 Å². The topological polar surface area (TPSA) is 3.88 Å². The molecular weight excluding hydrogens is 262 g/mol. The molecule has 16 heavy (non-hydrogen) atoms. The number of aromatic nitrogens is 1. The average Bonchev–Trinajstić information content (AvgIpc) is 2.33. The molecule has 0 radical (unpaired) electrons. The molecule has 0 aliphatic rings. The predicted molar refractivity (Wildman–Crippen MR) is 69.7 cm³/mol. The van der Waals surface area contributed by atoms with Crippen LogP contribution in [0, 0.1) is 0 Å². The summed E-state index contributed by atoms with van der Waals surface area (Å²) in [6.07, 6.45) is 5.29. The highest BCUT2D eigenvalue weighted by Gasteiger charge is 2.00. The van der Waals surface area contributed by atoms with Crippen LogP contribution in [-0.4, -0.2) is 5.33 Å². The van der Waals surface area contributed by atoms with Crippen molar-refractivity contribution < 1.29 is 4.57 Å². The first kappa shape index (κ1) is 11.3. The zero-order valence-corrected chi connectivity index (χ0v) is 10.7. The van der Waals surface area contributed by atoms with Crippen LogP contribution >= 0.6 is 15.9 Å². The molecule has 1 aromatic heterocycles. The molecule has 1 nitrogen and oxygen atoms in total. The Bertz CT molecular complexity index is 422. The molecular formula is C14H15BrN+. The lowest BCUT2D eigenvalue weighted by atomic mass is 10.1. The fourth-order valence-electron chi connectivity index (χ4n) is 1.68. The van der Waals surface area contributed by atoms with Crippen LogP contribution in [-0.2, 0) is 13.0 Å². The highest BCUT2D eigenvalue weighted by atomic mass is 79.9.